The van der Waals surface area contributed by atoms with E-state index in [2.05, 4.69) is 57.3 Å². The Bertz CT molecular complexity index is 741. The van der Waals surface area contributed by atoms with Crippen LogP contribution in [0.4, 0.5) is 0 Å². The molecular formula is C19H16BrNO. The maximum absolute atomic E-state index is 5.62. The van der Waals surface area contributed by atoms with Crippen molar-refractivity contribution in [2.24, 2.45) is 0 Å². The van der Waals surface area contributed by atoms with Gasteiger partial charge in [0.2, 0.25) is 0 Å². The number of nitrogens with zero attached hydrogens (tertiary/aromatic N) is 1. The third kappa shape index (κ3) is 3.11. The van der Waals surface area contributed by atoms with Crippen LogP contribution in [0, 0.1) is 0 Å². The molecule has 2 aromatic carbocycles. The first kappa shape index (κ1) is 14.9. The molecule has 0 fully saturated rings. The minimum atomic E-state index is -0.144. The highest BCUT2D eigenvalue weighted by Crippen LogP contribution is 2.30. The van der Waals surface area contributed by atoms with E-state index in [0.717, 1.165) is 15.7 Å². The molecular weight excluding hydrogens is 338 g/mol. The number of aromatic nitrogens is 1. The van der Waals surface area contributed by atoms with Crippen LogP contribution in [0.5, 0.6) is 0 Å². The number of methoxy groups -OCH3 is 1. The maximum atomic E-state index is 5.62. The van der Waals surface area contributed by atoms with Gasteiger partial charge in [-0.25, -0.2) is 0 Å². The number of pyridine rings is 1. The van der Waals surface area contributed by atoms with Crippen LogP contribution in [0.2, 0.25) is 0 Å². The Kier molecular flexibility index (Phi) is 4.66. The second-order valence-electron chi connectivity index (χ2n) is 4.97. The van der Waals surface area contributed by atoms with Crippen molar-refractivity contribution in [2.75, 3.05) is 7.11 Å². The van der Waals surface area contributed by atoms with Crippen molar-refractivity contribution in [2.45, 2.75) is 6.10 Å². The van der Waals surface area contributed by atoms with Gasteiger partial charge in [0.15, 0.2) is 0 Å². The van der Waals surface area contributed by atoms with Crippen LogP contribution in [0.15, 0.2) is 77.4 Å². The summed E-state index contributed by atoms with van der Waals surface area (Å²) in [6.45, 7) is 0. The summed E-state index contributed by atoms with van der Waals surface area (Å²) in [4.78, 5) is 4.39. The minimum absolute atomic E-state index is 0.144. The lowest BCUT2D eigenvalue weighted by Crippen LogP contribution is -2.05. The second kappa shape index (κ2) is 6.86. The van der Waals surface area contributed by atoms with Crippen molar-refractivity contribution in [1.29, 1.82) is 0 Å². The predicted octanol–water partition coefficient (Wildman–Crippen LogP) is 5.25. The molecule has 0 amide bonds. The van der Waals surface area contributed by atoms with Gasteiger partial charge in [-0.05, 0) is 34.9 Å². The van der Waals surface area contributed by atoms with Crippen LogP contribution < -0.4 is 0 Å². The van der Waals surface area contributed by atoms with Gasteiger partial charge in [-0.2, -0.15) is 0 Å². The molecule has 3 aromatic rings. The molecule has 3 heteroatoms. The molecule has 3 rings (SSSR count). The van der Waals surface area contributed by atoms with E-state index < -0.39 is 0 Å². The standard InChI is InChI=1S/C19H16BrNO/c1-22-19(18-8-4-5-13-21-18)15-11-9-14(10-12-15)16-6-2-3-7-17(16)20/h2-13,19H,1H3. The van der Waals surface area contributed by atoms with Gasteiger partial charge >= 0.3 is 0 Å². The molecule has 1 aromatic heterocycles. The third-order valence-corrected chi connectivity index (χ3v) is 4.28. The Labute approximate surface area is 138 Å². The van der Waals surface area contributed by atoms with Crippen LogP contribution in [0.3, 0.4) is 0 Å². The van der Waals surface area contributed by atoms with Gasteiger partial charge in [-0.1, -0.05) is 64.5 Å². The predicted molar refractivity (Wildman–Crippen MR) is 92.7 cm³/mol. The van der Waals surface area contributed by atoms with Crippen LogP contribution in [0.25, 0.3) is 11.1 Å². The average molecular weight is 354 g/mol. The summed E-state index contributed by atoms with van der Waals surface area (Å²) in [5.74, 6) is 0. The molecule has 0 aliphatic rings. The van der Waals surface area contributed by atoms with Gasteiger partial charge in [0.25, 0.3) is 0 Å². The molecule has 110 valence electrons. The van der Waals surface area contributed by atoms with Crippen LogP contribution >= 0.6 is 15.9 Å². The summed E-state index contributed by atoms with van der Waals surface area (Å²) in [6.07, 6.45) is 1.64. The third-order valence-electron chi connectivity index (χ3n) is 3.59. The van der Waals surface area contributed by atoms with Crippen molar-refractivity contribution < 1.29 is 4.74 Å². The molecule has 1 atom stereocenters. The Balaban J connectivity index is 1.92. The first-order valence-corrected chi connectivity index (χ1v) is 7.87. The van der Waals surface area contributed by atoms with Crippen molar-refractivity contribution in [3.05, 3.63) is 88.7 Å². The molecule has 2 nitrogen and oxygen atoms in total. The SMILES string of the molecule is COC(c1ccc(-c2ccccc2Br)cc1)c1ccccn1. The fourth-order valence-electron chi connectivity index (χ4n) is 2.49. The van der Waals surface area contributed by atoms with Gasteiger partial charge in [0.05, 0.1) is 5.69 Å². The average Bonchev–Trinajstić information content (AvgIpc) is 2.58. The first-order chi connectivity index (χ1) is 10.8. The van der Waals surface area contributed by atoms with E-state index in [1.165, 1.54) is 11.1 Å². The minimum Gasteiger partial charge on any atom is -0.370 e. The molecule has 22 heavy (non-hydrogen) atoms. The van der Waals surface area contributed by atoms with Gasteiger partial charge < -0.3 is 4.74 Å². The van der Waals surface area contributed by atoms with E-state index in [0.29, 0.717) is 0 Å². The number of rotatable bonds is 4. The molecule has 0 saturated heterocycles. The van der Waals surface area contributed by atoms with Crippen molar-refractivity contribution in [3.63, 3.8) is 0 Å². The Morgan fingerprint density at radius 2 is 1.64 bits per heavy atom. The highest BCUT2D eigenvalue weighted by molar-refractivity contribution is 9.10. The lowest BCUT2D eigenvalue weighted by atomic mass is 10.0. The monoisotopic (exact) mass is 353 g/mol. The topological polar surface area (TPSA) is 22.1 Å². The molecule has 0 aliphatic carbocycles. The number of halogens is 1. The van der Waals surface area contributed by atoms with E-state index in [9.17, 15) is 0 Å². The zero-order chi connectivity index (χ0) is 15.4. The number of hydrogen-bond acceptors (Lipinski definition) is 2. The van der Waals surface area contributed by atoms with E-state index in [4.69, 9.17) is 4.74 Å². The van der Waals surface area contributed by atoms with Crippen molar-refractivity contribution >= 4 is 15.9 Å². The van der Waals surface area contributed by atoms with Crippen molar-refractivity contribution in [1.82, 2.24) is 4.98 Å². The highest BCUT2D eigenvalue weighted by Gasteiger charge is 2.14. The first-order valence-electron chi connectivity index (χ1n) is 7.08. The highest BCUT2D eigenvalue weighted by atomic mass is 79.9. The Morgan fingerprint density at radius 1 is 0.909 bits per heavy atom. The zero-order valence-electron chi connectivity index (χ0n) is 12.2. The molecule has 0 saturated carbocycles. The lowest BCUT2D eigenvalue weighted by Gasteiger charge is -2.15. The van der Waals surface area contributed by atoms with E-state index >= 15 is 0 Å². The summed E-state index contributed by atoms with van der Waals surface area (Å²) < 4.78 is 6.71. The van der Waals surface area contributed by atoms with Crippen molar-refractivity contribution in [3.8, 4) is 11.1 Å². The summed E-state index contributed by atoms with van der Waals surface area (Å²) >= 11 is 3.60. The largest absolute Gasteiger partial charge is 0.370 e. The molecule has 0 spiro atoms. The zero-order valence-corrected chi connectivity index (χ0v) is 13.8. The van der Waals surface area contributed by atoms with E-state index in [1.54, 1.807) is 13.3 Å². The van der Waals surface area contributed by atoms with Gasteiger partial charge in [0, 0.05) is 17.8 Å². The molecule has 0 N–H and O–H groups in total. The quantitative estimate of drug-likeness (QED) is 0.639. The Hall–Kier alpha value is -1.97. The number of benzene rings is 2. The Morgan fingerprint density at radius 3 is 2.27 bits per heavy atom. The van der Waals surface area contributed by atoms with Gasteiger partial charge in [0.1, 0.15) is 6.10 Å². The van der Waals surface area contributed by atoms with E-state index in [1.807, 2.05) is 30.3 Å². The number of hydrogen-bond donors (Lipinski definition) is 0. The normalized spacial score (nSPS) is 12.1. The lowest BCUT2D eigenvalue weighted by molar-refractivity contribution is 0.133. The fraction of sp³-hybridized carbons (Fsp3) is 0.105. The molecule has 1 unspecified atom stereocenters. The molecule has 0 aliphatic heterocycles. The van der Waals surface area contributed by atoms with Crippen LogP contribution in [-0.4, -0.2) is 12.1 Å². The second-order valence-corrected chi connectivity index (χ2v) is 5.83. The summed E-state index contributed by atoms with van der Waals surface area (Å²) in [5.41, 5.74) is 4.36. The molecule has 1 heterocycles. The molecule has 0 radical (unpaired) electrons. The summed E-state index contributed by atoms with van der Waals surface area (Å²) in [6, 6.07) is 22.5. The summed E-state index contributed by atoms with van der Waals surface area (Å²) in [7, 11) is 1.71. The van der Waals surface area contributed by atoms with Crippen LogP contribution in [-0.2, 0) is 4.74 Å². The molecule has 0 bridgehead atoms. The van der Waals surface area contributed by atoms with E-state index in [-0.39, 0.29) is 6.10 Å². The van der Waals surface area contributed by atoms with Gasteiger partial charge in [-0.3, -0.25) is 4.98 Å². The fourth-order valence-corrected chi connectivity index (χ4v) is 3.01. The van der Waals surface area contributed by atoms with Crippen LogP contribution in [0.1, 0.15) is 17.4 Å². The van der Waals surface area contributed by atoms with Gasteiger partial charge in [-0.15, -0.1) is 0 Å². The smallest absolute Gasteiger partial charge is 0.124 e. The summed E-state index contributed by atoms with van der Waals surface area (Å²) in [5, 5.41) is 0. The maximum Gasteiger partial charge on any atom is 0.124 e. The number of ether oxygens (including phenoxy) is 1.